The summed E-state index contributed by atoms with van der Waals surface area (Å²) in [5.41, 5.74) is -1.07. The molecule has 1 unspecified atom stereocenters. The van der Waals surface area contributed by atoms with Crippen molar-refractivity contribution in [2.45, 2.75) is 36.0 Å². The summed E-state index contributed by atoms with van der Waals surface area (Å²) in [4.78, 5) is 35.5. The molecule has 256 valence electrons. The molecule has 13 heteroatoms. The molecule has 0 N–H and O–H groups in total. The van der Waals surface area contributed by atoms with Gasteiger partial charge in [0.2, 0.25) is 5.60 Å². The van der Waals surface area contributed by atoms with E-state index in [4.69, 9.17) is 18.9 Å². The number of anilines is 1. The molecule has 3 aromatic rings. The van der Waals surface area contributed by atoms with E-state index in [0.29, 0.717) is 54.8 Å². The van der Waals surface area contributed by atoms with Gasteiger partial charge in [-0.25, -0.2) is 13.2 Å². The molecule has 0 radical (unpaired) electrons. The third-order valence-electron chi connectivity index (χ3n) is 9.60. The van der Waals surface area contributed by atoms with Crippen LogP contribution in [0.1, 0.15) is 29.5 Å². The van der Waals surface area contributed by atoms with E-state index < -0.39 is 27.6 Å². The number of amides is 2. The maximum Gasteiger partial charge on any atom is 0.411 e. The van der Waals surface area contributed by atoms with Crippen molar-refractivity contribution in [1.82, 2.24) is 14.7 Å². The highest BCUT2D eigenvalue weighted by molar-refractivity contribution is 7.93. The number of nitrogens with zero attached hydrogens (tertiary/aromatic N) is 4. The Balaban J connectivity index is 1.42. The van der Waals surface area contributed by atoms with E-state index >= 15 is 4.79 Å². The first-order valence-corrected chi connectivity index (χ1v) is 17.5. The summed E-state index contributed by atoms with van der Waals surface area (Å²) in [5, 5.41) is 0. The molecule has 0 aliphatic carbocycles. The number of sulfonamides is 1. The van der Waals surface area contributed by atoms with Crippen molar-refractivity contribution in [3.05, 3.63) is 83.4 Å². The van der Waals surface area contributed by atoms with Gasteiger partial charge in [0.1, 0.15) is 11.5 Å². The van der Waals surface area contributed by atoms with Crippen molar-refractivity contribution < 1.29 is 37.0 Å². The van der Waals surface area contributed by atoms with Crippen LogP contribution >= 0.6 is 0 Å². The average molecular weight is 679 g/mol. The number of hydrogen-bond acceptors (Lipinski definition) is 10. The Kier molecular flexibility index (Phi) is 9.66. The van der Waals surface area contributed by atoms with Gasteiger partial charge in [0, 0.05) is 50.5 Å². The Morgan fingerprint density at radius 3 is 2.12 bits per heavy atom. The molecule has 12 nitrogen and oxygen atoms in total. The van der Waals surface area contributed by atoms with Crippen LogP contribution in [0.3, 0.4) is 0 Å². The van der Waals surface area contributed by atoms with Gasteiger partial charge in [-0.15, -0.1) is 0 Å². The molecule has 48 heavy (non-hydrogen) atoms. The van der Waals surface area contributed by atoms with Gasteiger partial charge >= 0.3 is 6.09 Å². The molecule has 6 rings (SSSR count). The van der Waals surface area contributed by atoms with Crippen molar-refractivity contribution >= 4 is 27.7 Å². The van der Waals surface area contributed by atoms with Gasteiger partial charge < -0.3 is 28.7 Å². The van der Waals surface area contributed by atoms with Crippen molar-refractivity contribution in [2.24, 2.45) is 0 Å². The zero-order valence-corrected chi connectivity index (χ0v) is 28.6. The summed E-state index contributed by atoms with van der Waals surface area (Å²) in [6.45, 7) is 4.33. The lowest BCUT2D eigenvalue weighted by Crippen LogP contribution is -2.55. The Labute approximate surface area is 281 Å². The lowest BCUT2D eigenvalue weighted by Gasteiger charge is -2.42. The number of likely N-dealkylation sites (tertiary alicyclic amines) is 1. The Morgan fingerprint density at radius 2 is 1.48 bits per heavy atom. The van der Waals surface area contributed by atoms with Crippen LogP contribution < -0.4 is 13.8 Å². The highest BCUT2D eigenvalue weighted by Gasteiger charge is 2.60. The summed E-state index contributed by atoms with van der Waals surface area (Å²) in [5.74, 6) is -0.121. The van der Waals surface area contributed by atoms with Crippen molar-refractivity contribution in [3.63, 3.8) is 0 Å². The Hall–Kier alpha value is -4.17. The number of benzene rings is 3. The summed E-state index contributed by atoms with van der Waals surface area (Å²) < 4.78 is 52.1. The zero-order valence-electron chi connectivity index (χ0n) is 27.8. The van der Waals surface area contributed by atoms with Crippen LogP contribution in [-0.4, -0.2) is 109 Å². The highest BCUT2D eigenvalue weighted by Crippen LogP contribution is 2.51. The van der Waals surface area contributed by atoms with Gasteiger partial charge in [-0.3, -0.25) is 9.69 Å². The largest absolute Gasteiger partial charge is 0.497 e. The number of piperazine rings is 1. The number of piperidine rings is 1. The number of ether oxygens (including phenoxy) is 4. The minimum Gasteiger partial charge on any atom is -0.497 e. The number of fused-ring (bicyclic) bond motifs is 1. The molecular weight excluding hydrogens is 636 g/mol. The molecule has 2 amide bonds. The monoisotopic (exact) mass is 678 g/mol. The standard InChI is InChI=1S/C35H42N4O8S/c1-36-17-15-26(16-18-36)37-19-21-38(22-20-37)34(41)47-35(30-8-6-5-7-25(30)24-44-2)31-23-28(46-4)11-14-32(31)39(33(35)40)48(42,43)29-12-9-27(45-3)10-13-29/h5-14,23,26H,15-22,24H2,1-4H3. The fraction of sp³-hybridized carbons (Fsp3) is 0.429. The maximum atomic E-state index is 15.0. The third-order valence-corrected chi connectivity index (χ3v) is 11.3. The first-order valence-electron chi connectivity index (χ1n) is 16.0. The molecule has 0 saturated carbocycles. The van der Waals surface area contributed by atoms with E-state index in [1.807, 2.05) is 0 Å². The molecule has 0 spiro atoms. The van der Waals surface area contributed by atoms with Gasteiger partial charge in [0.05, 0.1) is 31.4 Å². The predicted molar refractivity (Wildman–Crippen MR) is 179 cm³/mol. The number of hydrogen-bond donors (Lipinski definition) is 0. The second kappa shape index (κ2) is 13.7. The van der Waals surface area contributed by atoms with Crippen LogP contribution in [0.15, 0.2) is 71.6 Å². The minimum atomic E-state index is -4.49. The Bertz CT molecular complexity index is 1750. The SMILES string of the molecule is COCc1ccccc1C1(OC(=O)N2CCN(C3CCN(C)CC3)CC2)C(=O)N(S(=O)(=O)c2ccc(OC)cc2)c2ccc(OC)cc21. The van der Waals surface area contributed by atoms with Crippen LogP contribution in [0.5, 0.6) is 11.5 Å². The molecule has 3 aliphatic rings. The van der Waals surface area contributed by atoms with E-state index in [2.05, 4.69) is 16.8 Å². The smallest absolute Gasteiger partial charge is 0.411 e. The average Bonchev–Trinajstić information content (AvgIpc) is 3.36. The molecule has 1 atom stereocenters. The summed E-state index contributed by atoms with van der Waals surface area (Å²) in [6.07, 6.45) is 1.44. The number of rotatable bonds is 9. The van der Waals surface area contributed by atoms with Crippen molar-refractivity contribution in [3.8, 4) is 11.5 Å². The number of carbonyl (C=O) groups is 2. The lowest BCUT2D eigenvalue weighted by molar-refractivity contribution is -0.132. The molecule has 2 saturated heterocycles. The molecular formula is C35H42N4O8S. The van der Waals surface area contributed by atoms with E-state index in [1.165, 1.54) is 51.7 Å². The topological polar surface area (TPSA) is 118 Å². The molecule has 3 aromatic carbocycles. The van der Waals surface area contributed by atoms with Gasteiger partial charge in [-0.05, 0) is 81.0 Å². The fourth-order valence-corrected chi connectivity index (χ4v) is 8.40. The molecule has 0 aromatic heterocycles. The second-order valence-corrected chi connectivity index (χ2v) is 14.1. The molecule has 0 bridgehead atoms. The van der Waals surface area contributed by atoms with Crippen LogP contribution in [0.25, 0.3) is 0 Å². The Morgan fingerprint density at radius 1 is 0.833 bits per heavy atom. The number of carbonyl (C=O) groups excluding carboxylic acids is 2. The quantitative estimate of drug-likeness (QED) is 0.332. The van der Waals surface area contributed by atoms with E-state index in [-0.39, 0.29) is 22.8 Å². The molecule has 3 heterocycles. The molecule has 3 aliphatic heterocycles. The highest BCUT2D eigenvalue weighted by atomic mass is 32.2. The van der Waals surface area contributed by atoms with Crippen LogP contribution in [-0.2, 0) is 36.5 Å². The lowest BCUT2D eigenvalue weighted by atomic mass is 9.84. The van der Waals surface area contributed by atoms with Crippen molar-refractivity contribution in [1.29, 1.82) is 0 Å². The fourth-order valence-electron chi connectivity index (χ4n) is 6.94. The third kappa shape index (κ3) is 6.00. The van der Waals surface area contributed by atoms with Crippen molar-refractivity contribution in [2.75, 3.05) is 72.0 Å². The van der Waals surface area contributed by atoms with Crippen LogP contribution in [0.2, 0.25) is 0 Å². The second-order valence-electron chi connectivity index (χ2n) is 12.3. The van der Waals surface area contributed by atoms with Gasteiger partial charge in [0.25, 0.3) is 15.9 Å². The van der Waals surface area contributed by atoms with Gasteiger partial charge in [-0.2, -0.15) is 4.31 Å². The zero-order chi connectivity index (χ0) is 34.1. The summed E-state index contributed by atoms with van der Waals surface area (Å²) >= 11 is 0. The van der Waals surface area contributed by atoms with E-state index in [1.54, 1.807) is 41.3 Å². The van der Waals surface area contributed by atoms with E-state index in [0.717, 1.165) is 30.2 Å². The summed E-state index contributed by atoms with van der Waals surface area (Å²) in [7, 11) is 2.11. The van der Waals surface area contributed by atoms with Crippen LogP contribution in [0, 0.1) is 0 Å². The minimum absolute atomic E-state index is 0.0590. The molecule has 2 fully saturated rings. The normalized spacial score (nSPS) is 20.9. The first-order chi connectivity index (χ1) is 23.1. The van der Waals surface area contributed by atoms with E-state index in [9.17, 15) is 13.2 Å². The summed E-state index contributed by atoms with van der Waals surface area (Å²) in [6, 6.07) is 17.8. The van der Waals surface area contributed by atoms with Gasteiger partial charge in [-0.1, -0.05) is 24.3 Å². The first kappa shape index (κ1) is 33.7. The predicted octanol–water partition coefficient (Wildman–Crippen LogP) is 3.68. The number of methoxy groups -OCH3 is 3. The van der Waals surface area contributed by atoms with Crippen LogP contribution in [0.4, 0.5) is 10.5 Å². The maximum absolute atomic E-state index is 15.0. The van der Waals surface area contributed by atoms with Gasteiger partial charge in [0.15, 0.2) is 0 Å².